The smallest absolute Gasteiger partial charge is 0.227 e. The summed E-state index contributed by atoms with van der Waals surface area (Å²) in [5.74, 6) is -0.0133. The van der Waals surface area contributed by atoms with E-state index >= 15 is 0 Å². The van der Waals surface area contributed by atoms with E-state index in [1.54, 1.807) is 4.90 Å². The van der Waals surface area contributed by atoms with Gasteiger partial charge in [0.15, 0.2) is 0 Å². The van der Waals surface area contributed by atoms with Crippen molar-refractivity contribution in [1.29, 1.82) is 0 Å². The van der Waals surface area contributed by atoms with E-state index in [9.17, 15) is 15.0 Å². The summed E-state index contributed by atoms with van der Waals surface area (Å²) in [7, 11) is 0. The van der Waals surface area contributed by atoms with Gasteiger partial charge in [0.05, 0.1) is 19.1 Å². The van der Waals surface area contributed by atoms with Gasteiger partial charge in [0.2, 0.25) is 5.91 Å². The third-order valence-corrected chi connectivity index (χ3v) is 5.74. The van der Waals surface area contributed by atoms with E-state index in [2.05, 4.69) is 30.9 Å². The summed E-state index contributed by atoms with van der Waals surface area (Å²) in [6, 6.07) is 19.9. The summed E-state index contributed by atoms with van der Waals surface area (Å²) < 4.78 is 0. The van der Waals surface area contributed by atoms with Crippen LogP contribution in [0.1, 0.15) is 31.4 Å². The van der Waals surface area contributed by atoms with Gasteiger partial charge in [0.25, 0.3) is 0 Å². The zero-order valence-electron chi connectivity index (χ0n) is 17.4. The summed E-state index contributed by atoms with van der Waals surface area (Å²) >= 11 is 0. The Hall–Kier alpha value is -2.21. The van der Waals surface area contributed by atoms with Crippen LogP contribution in [0.15, 0.2) is 60.7 Å². The average molecular weight is 397 g/mol. The highest BCUT2D eigenvalue weighted by Crippen LogP contribution is 2.25. The predicted octanol–water partition coefficient (Wildman–Crippen LogP) is 2.46. The number of aliphatic hydroxyl groups is 2. The van der Waals surface area contributed by atoms with Crippen LogP contribution in [0.4, 0.5) is 0 Å². The van der Waals surface area contributed by atoms with E-state index < -0.39 is 11.7 Å². The highest BCUT2D eigenvalue weighted by atomic mass is 16.3. The molecule has 1 amide bonds. The summed E-state index contributed by atoms with van der Waals surface area (Å²) in [6.45, 7) is 5.79. The monoisotopic (exact) mass is 396 g/mol. The van der Waals surface area contributed by atoms with E-state index in [0.717, 1.165) is 11.1 Å². The number of carbonyl (C=O) groups excluding carboxylic acids is 1. The van der Waals surface area contributed by atoms with E-state index in [1.165, 1.54) is 0 Å². The summed E-state index contributed by atoms with van der Waals surface area (Å²) in [5.41, 5.74) is 0.774. The highest BCUT2D eigenvalue weighted by Gasteiger charge is 2.43. The highest BCUT2D eigenvalue weighted by molar-refractivity contribution is 5.79. The van der Waals surface area contributed by atoms with Crippen LogP contribution in [0.5, 0.6) is 0 Å². The van der Waals surface area contributed by atoms with Crippen LogP contribution in [-0.2, 0) is 17.8 Å². The normalized spacial score (nSPS) is 22.3. The number of benzene rings is 2. The number of carbonyl (C=O) groups is 1. The van der Waals surface area contributed by atoms with Crippen LogP contribution in [0.2, 0.25) is 0 Å². The van der Waals surface area contributed by atoms with Crippen LogP contribution >= 0.6 is 0 Å². The average Bonchev–Trinajstić information content (AvgIpc) is 2.71. The minimum absolute atomic E-state index is 0.0133. The molecule has 2 aromatic carbocycles. The Balaban J connectivity index is 1.69. The Morgan fingerprint density at radius 2 is 1.69 bits per heavy atom. The van der Waals surface area contributed by atoms with Gasteiger partial charge in [0.1, 0.15) is 5.60 Å². The van der Waals surface area contributed by atoms with Gasteiger partial charge in [-0.2, -0.15) is 0 Å². The van der Waals surface area contributed by atoms with Crippen molar-refractivity contribution >= 4 is 5.91 Å². The minimum Gasteiger partial charge on any atom is -0.390 e. The van der Waals surface area contributed by atoms with Gasteiger partial charge in [-0.15, -0.1) is 0 Å². The number of hydrogen-bond donors (Lipinski definition) is 2. The first-order valence-corrected chi connectivity index (χ1v) is 10.4. The summed E-state index contributed by atoms with van der Waals surface area (Å²) in [4.78, 5) is 16.6. The number of aliphatic hydroxyl groups excluding tert-OH is 1. The number of nitrogens with zero attached hydrogens (tertiary/aromatic N) is 2. The first-order chi connectivity index (χ1) is 13.9. The molecule has 0 bridgehead atoms. The summed E-state index contributed by atoms with van der Waals surface area (Å²) in [6.07, 6.45) is -0.153. The lowest BCUT2D eigenvalue weighted by Crippen LogP contribution is -2.63. The van der Waals surface area contributed by atoms with Gasteiger partial charge >= 0.3 is 0 Å². The molecular formula is C24H32N2O3. The maximum Gasteiger partial charge on any atom is 0.227 e. The first kappa shape index (κ1) is 21.5. The van der Waals surface area contributed by atoms with Crippen molar-refractivity contribution < 1.29 is 15.0 Å². The fourth-order valence-corrected chi connectivity index (χ4v) is 3.90. The van der Waals surface area contributed by atoms with Crippen molar-refractivity contribution in [3.8, 4) is 0 Å². The Labute approximate surface area is 173 Å². The van der Waals surface area contributed by atoms with E-state index in [0.29, 0.717) is 32.5 Å². The number of piperidine rings is 1. The molecule has 2 atom stereocenters. The number of β-amino-alcohol motifs (C(OH)–C–C–N with tert-alkyl or cyclic N) is 1. The number of hydrogen-bond acceptors (Lipinski definition) is 4. The molecule has 0 radical (unpaired) electrons. The maximum absolute atomic E-state index is 12.8. The van der Waals surface area contributed by atoms with Gasteiger partial charge in [-0.1, -0.05) is 60.7 Å². The van der Waals surface area contributed by atoms with Crippen molar-refractivity contribution in [3.05, 3.63) is 71.8 Å². The third kappa shape index (κ3) is 5.66. The SMILES string of the molecule is CC(C)N(Cc1ccccc1)C[C@@]1(O)CN(C(=O)Cc2ccccc2)CC[C@@H]1O. The molecule has 1 fully saturated rings. The molecule has 1 heterocycles. The fourth-order valence-electron chi connectivity index (χ4n) is 3.90. The second-order valence-corrected chi connectivity index (χ2v) is 8.37. The van der Waals surface area contributed by atoms with Gasteiger partial charge in [-0.3, -0.25) is 9.69 Å². The van der Waals surface area contributed by atoms with E-state index in [-0.39, 0.29) is 18.5 Å². The molecule has 0 aromatic heterocycles. The zero-order valence-corrected chi connectivity index (χ0v) is 17.4. The van der Waals surface area contributed by atoms with Crippen LogP contribution < -0.4 is 0 Å². The van der Waals surface area contributed by atoms with E-state index in [4.69, 9.17) is 0 Å². The van der Waals surface area contributed by atoms with Crippen LogP contribution in [-0.4, -0.2) is 63.3 Å². The lowest BCUT2D eigenvalue weighted by atomic mass is 9.88. The maximum atomic E-state index is 12.8. The Morgan fingerprint density at radius 1 is 1.10 bits per heavy atom. The molecule has 1 aliphatic rings. The largest absolute Gasteiger partial charge is 0.390 e. The van der Waals surface area contributed by atoms with Crippen molar-refractivity contribution in [1.82, 2.24) is 9.80 Å². The molecule has 5 nitrogen and oxygen atoms in total. The van der Waals surface area contributed by atoms with Crippen molar-refractivity contribution in [2.24, 2.45) is 0 Å². The lowest BCUT2D eigenvalue weighted by molar-refractivity contribution is -0.157. The summed E-state index contributed by atoms with van der Waals surface area (Å²) in [5, 5.41) is 21.9. The van der Waals surface area contributed by atoms with Crippen LogP contribution in [0.3, 0.4) is 0 Å². The molecule has 0 spiro atoms. The molecule has 2 N–H and O–H groups in total. The second-order valence-electron chi connectivity index (χ2n) is 8.37. The molecule has 0 unspecified atom stereocenters. The molecule has 156 valence electrons. The zero-order chi connectivity index (χ0) is 20.9. The predicted molar refractivity (Wildman–Crippen MR) is 114 cm³/mol. The molecular weight excluding hydrogens is 364 g/mol. The molecule has 3 rings (SSSR count). The molecule has 0 aliphatic carbocycles. The topological polar surface area (TPSA) is 64.0 Å². The molecule has 2 aromatic rings. The molecule has 29 heavy (non-hydrogen) atoms. The number of amides is 1. The van der Waals surface area contributed by atoms with Gasteiger partial charge < -0.3 is 15.1 Å². The first-order valence-electron chi connectivity index (χ1n) is 10.4. The Morgan fingerprint density at radius 3 is 2.28 bits per heavy atom. The molecule has 1 aliphatic heterocycles. The Bertz CT molecular complexity index is 781. The molecule has 0 saturated carbocycles. The van der Waals surface area contributed by atoms with Gasteiger partial charge in [-0.05, 0) is 31.4 Å². The second kappa shape index (κ2) is 9.53. The number of rotatable bonds is 7. The lowest BCUT2D eigenvalue weighted by Gasteiger charge is -2.45. The van der Waals surface area contributed by atoms with Crippen molar-refractivity contribution in [2.75, 3.05) is 19.6 Å². The number of likely N-dealkylation sites (tertiary alicyclic amines) is 1. The fraction of sp³-hybridized carbons (Fsp3) is 0.458. The molecule has 1 saturated heterocycles. The van der Waals surface area contributed by atoms with Gasteiger partial charge in [0, 0.05) is 25.7 Å². The van der Waals surface area contributed by atoms with Crippen molar-refractivity contribution in [3.63, 3.8) is 0 Å². The van der Waals surface area contributed by atoms with Crippen molar-refractivity contribution in [2.45, 2.75) is 51.0 Å². The minimum atomic E-state index is -1.34. The Kier molecular flexibility index (Phi) is 7.06. The van der Waals surface area contributed by atoms with Gasteiger partial charge in [-0.25, -0.2) is 0 Å². The quantitative estimate of drug-likeness (QED) is 0.755. The van der Waals surface area contributed by atoms with E-state index in [1.807, 2.05) is 48.5 Å². The third-order valence-electron chi connectivity index (χ3n) is 5.74. The van der Waals surface area contributed by atoms with Crippen LogP contribution in [0, 0.1) is 0 Å². The molecule has 5 heteroatoms. The van der Waals surface area contributed by atoms with Crippen LogP contribution in [0.25, 0.3) is 0 Å². The standard InChI is InChI=1S/C24H32N2O3/c1-19(2)26(16-21-11-7-4-8-12-21)18-24(29)17-25(14-13-22(24)27)23(28)15-20-9-5-3-6-10-20/h3-12,19,22,27,29H,13-18H2,1-2H3/t22-,24-/m0/s1.